The number of hydrogen-bond acceptors (Lipinski definition) is 7. The lowest BCUT2D eigenvalue weighted by molar-refractivity contribution is 0.0851. The molecule has 1 amide bonds. The molecule has 1 fully saturated rings. The number of nitriles is 1. The minimum Gasteiger partial charge on any atom is -0.429 e. The summed E-state index contributed by atoms with van der Waals surface area (Å²) in [6.07, 6.45) is -1.90. The Balaban J connectivity index is 1.57. The molecule has 4 aromatic rings. The Morgan fingerprint density at radius 1 is 1.11 bits per heavy atom. The summed E-state index contributed by atoms with van der Waals surface area (Å²) < 4.78 is 37.3. The number of aromatic nitrogens is 4. The highest BCUT2D eigenvalue weighted by molar-refractivity contribution is 6.33. The number of hydrogen-bond donors (Lipinski definition) is 3. The topological polar surface area (TPSA) is 129 Å². The standard InChI is InChI=1S/C30H26Cl3F2N7O2/c1-29(2,3)13-23-30(14-36,19-10-7-15(31)11-22(19)34)24(18-5-4-6-20(32)25(18)35)27(38-23)44-28(43)37-16-8-9-17(21(33)12-16)26-39-41-42-40-26/h4-12,23-24,27,38H,13H2,1-3H3,(H,37,43)(H,39,40,41,42)/t23-,24-,27+,30-/m0/s1. The Hall–Kier alpha value is -3.82. The van der Waals surface area contributed by atoms with Crippen molar-refractivity contribution in [3.63, 3.8) is 0 Å². The van der Waals surface area contributed by atoms with Crippen LogP contribution in [0.15, 0.2) is 54.6 Å². The first kappa shape index (κ1) is 31.6. The number of nitrogens with one attached hydrogen (secondary N) is 3. The molecule has 1 aromatic heterocycles. The van der Waals surface area contributed by atoms with Gasteiger partial charge in [-0.3, -0.25) is 10.6 Å². The molecular formula is C30H26Cl3F2N7O2. The fraction of sp³-hybridized carbons (Fsp3) is 0.300. The Labute approximate surface area is 266 Å². The number of amides is 1. The van der Waals surface area contributed by atoms with Crippen LogP contribution in [0.3, 0.4) is 0 Å². The average molecular weight is 661 g/mol. The highest BCUT2D eigenvalue weighted by Gasteiger charge is 2.61. The van der Waals surface area contributed by atoms with Crippen LogP contribution in [0, 0.1) is 28.4 Å². The van der Waals surface area contributed by atoms with E-state index in [9.17, 15) is 10.1 Å². The molecule has 1 aliphatic heterocycles. The molecule has 44 heavy (non-hydrogen) atoms. The van der Waals surface area contributed by atoms with Crippen molar-refractivity contribution >= 4 is 46.6 Å². The summed E-state index contributed by atoms with van der Waals surface area (Å²) in [6.45, 7) is 5.85. The lowest BCUT2D eigenvalue weighted by Gasteiger charge is -2.37. The molecule has 0 saturated carbocycles. The van der Waals surface area contributed by atoms with E-state index in [4.69, 9.17) is 39.5 Å². The molecule has 0 aliphatic carbocycles. The molecule has 3 aromatic carbocycles. The number of rotatable bonds is 6. The molecule has 2 heterocycles. The molecule has 4 atom stereocenters. The normalized spacial score (nSPS) is 21.6. The smallest absolute Gasteiger partial charge is 0.413 e. The van der Waals surface area contributed by atoms with Crippen LogP contribution in [-0.2, 0) is 10.2 Å². The number of anilines is 1. The van der Waals surface area contributed by atoms with Crippen LogP contribution >= 0.6 is 34.8 Å². The number of halogens is 5. The third-order valence-corrected chi connectivity index (χ3v) is 8.28. The van der Waals surface area contributed by atoms with E-state index in [-0.39, 0.29) is 43.1 Å². The number of H-pyrrole nitrogens is 1. The van der Waals surface area contributed by atoms with Crippen LogP contribution in [0.5, 0.6) is 0 Å². The van der Waals surface area contributed by atoms with Crippen LogP contribution in [0.1, 0.15) is 44.2 Å². The zero-order valence-electron chi connectivity index (χ0n) is 23.6. The second kappa shape index (κ2) is 12.3. The maximum absolute atomic E-state index is 15.8. The number of carbonyl (C=O) groups is 1. The molecule has 228 valence electrons. The number of ether oxygens (including phenoxy) is 1. The summed E-state index contributed by atoms with van der Waals surface area (Å²) in [4.78, 5) is 13.3. The molecule has 14 heteroatoms. The Morgan fingerprint density at radius 2 is 1.89 bits per heavy atom. The summed E-state index contributed by atoms with van der Waals surface area (Å²) in [5, 5.41) is 30.5. The van der Waals surface area contributed by atoms with Crippen molar-refractivity contribution in [1.29, 1.82) is 5.26 Å². The molecule has 1 aliphatic rings. The molecule has 0 radical (unpaired) electrons. The number of tetrazole rings is 1. The van der Waals surface area contributed by atoms with E-state index >= 15 is 8.78 Å². The molecular weight excluding hydrogens is 635 g/mol. The minimum atomic E-state index is -1.76. The van der Waals surface area contributed by atoms with Crippen LogP contribution in [0.2, 0.25) is 15.1 Å². The maximum atomic E-state index is 15.8. The molecule has 0 bridgehead atoms. The van der Waals surface area contributed by atoms with Gasteiger partial charge in [-0.2, -0.15) is 10.5 Å². The largest absolute Gasteiger partial charge is 0.429 e. The van der Waals surface area contributed by atoms with Crippen molar-refractivity contribution in [2.24, 2.45) is 5.41 Å². The van der Waals surface area contributed by atoms with Gasteiger partial charge in [-0.05, 0) is 59.0 Å². The zero-order chi connectivity index (χ0) is 31.8. The quantitative estimate of drug-likeness (QED) is 0.194. The second-order valence-electron chi connectivity index (χ2n) is 11.6. The summed E-state index contributed by atoms with van der Waals surface area (Å²) in [5.74, 6) is -2.54. The minimum absolute atomic E-state index is 0.0223. The van der Waals surface area contributed by atoms with Gasteiger partial charge in [-0.25, -0.2) is 13.6 Å². The predicted molar refractivity (Wildman–Crippen MR) is 162 cm³/mol. The lowest BCUT2D eigenvalue weighted by atomic mass is 9.63. The third kappa shape index (κ3) is 6.08. The van der Waals surface area contributed by atoms with Crippen molar-refractivity contribution in [1.82, 2.24) is 25.9 Å². The monoisotopic (exact) mass is 659 g/mol. The Kier molecular flexibility index (Phi) is 8.82. The van der Waals surface area contributed by atoms with Gasteiger partial charge in [0, 0.05) is 27.9 Å². The van der Waals surface area contributed by atoms with Crippen molar-refractivity contribution in [2.45, 2.75) is 50.8 Å². The van der Waals surface area contributed by atoms with E-state index in [0.29, 0.717) is 12.0 Å². The first-order valence-electron chi connectivity index (χ1n) is 13.4. The fourth-order valence-electron chi connectivity index (χ4n) is 5.69. The van der Waals surface area contributed by atoms with Crippen LogP contribution in [0.4, 0.5) is 19.3 Å². The fourth-order valence-corrected chi connectivity index (χ4v) is 6.29. The van der Waals surface area contributed by atoms with Crippen molar-refractivity contribution in [3.8, 4) is 17.5 Å². The number of aromatic amines is 1. The number of benzene rings is 3. The van der Waals surface area contributed by atoms with Crippen LogP contribution in [0.25, 0.3) is 11.4 Å². The van der Waals surface area contributed by atoms with Gasteiger partial charge < -0.3 is 4.74 Å². The number of carbonyl (C=O) groups excluding carboxylic acids is 1. The highest BCUT2D eigenvalue weighted by Crippen LogP contribution is 2.53. The van der Waals surface area contributed by atoms with Gasteiger partial charge in [-0.15, -0.1) is 10.2 Å². The third-order valence-electron chi connectivity index (χ3n) is 7.44. The van der Waals surface area contributed by atoms with Gasteiger partial charge in [0.1, 0.15) is 17.0 Å². The lowest BCUT2D eigenvalue weighted by Crippen LogP contribution is -2.44. The molecule has 0 unspecified atom stereocenters. The van der Waals surface area contributed by atoms with E-state index in [1.165, 1.54) is 36.4 Å². The summed E-state index contributed by atoms with van der Waals surface area (Å²) in [5.41, 5.74) is -1.43. The molecule has 9 nitrogen and oxygen atoms in total. The van der Waals surface area contributed by atoms with Gasteiger partial charge in [0.2, 0.25) is 5.82 Å². The van der Waals surface area contributed by atoms with E-state index in [1.54, 1.807) is 12.1 Å². The highest BCUT2D eigenvalue weighted by atomic mass is 35.5. The van der Waals surface area contributed by atoms with Crippen molar-refractivity contribution in [2.75, 3.05) is 5.32 Å². The molecule has 1 saturated heterocycles. The van der Waals surface area contributed by atoms with Crippen LogP contribution < -0.4 is 10.6 Å². The first-order valence-corrected chi connectivity index (χ1v) is 14.5. The Morgan fingerprint density at radius 3 is 2.52 bits per heavy atom. The summed E-state index contributed by atoms with van der Waals surface area (Å²) >= 11 is 18.6. The van der Waals surface area contributed by atoms with Gasteiger partial charge in [0.05, 0.1) is 22.0 Å². The van der Waals surface area contributed by atoms with E-state index in [2.05, 4.69) is 37.3 Å². The Bertz CT molecular complexity index is 1740. The summed E-state index contributed by atoms with van der Waals surface area (Å²) in [7, 11) is 0. The predicted octanol–water partition coefficient (Wildman–Crippen LogP) is 7.63. The van der Waals surface area contributed by atoms with Crippen molar-refractivity contribution in [3.05, 3.63) is 92.4 Å². The molecule has 0 spiro atoms. The van der Waals surface area contributed by atoms with E-state index < -0.39 is 41.3 Å². The van der Waals surface area contributed by atoms with Crippen LogP contribution in [-0.4, -0.2) is 39.0 Å². The first-order chi connectivity index (χ1) is 20.8. The van der Waals surface area contributed by atoms with Gasteiger partial charge in [0.15, 0.2) is 6.23 Å². The average Bonchev–Trinajstić information content (AvgIpc) is 3.56. The molecule has 3 N–H and O–H groups in total. The van der Waals surface area contributed by atoms with Gasteiger partial charge in [0.25, 0.3) is 0 Å². The van der Waals surface area contributed by atoms with Gasteiger partial charge in [-0.1, -0.05) is 73.8 Å². The maximum Gasteiger partial charge on any atom is 0.413 e. The summed E-state index contributed by atoms with van der Waals surface area (Å²) in [6, 6.07) is 14.4. The van der Waals surface area contributed by atoms with E-state index in [1.807, 2.05) is 20.8 Å². The zero-order valence-corrected chi connectivity index (χ0v) is 25.9. The SMILES string of the molecule is CC(C)(C)C[C@@H]1N[C@H](OC(=O)Nc2ccc(-c3nn[nH]n3)c(Cl)c2)[C@H](c2cccc(Cl)c2F)[C@@]1(C#N)c1ccc(Cl)cc1F. The molecule has 5 rings (SSSR count). The second-order valence-corrected chi connectivity index (χ2v) is 12.8. The van der Waals surface area contributed by atoms with Gasteiger partial charge >= 0.3 is 6.09 Å². The van der Waals surface area contributed by atoms with E-state index in [0.717, 1.165) is 6.07 Å². The number of nitrogens with zero attached hydrogens (tertiary/aromatic N) is 4. The van der Waals surface area contributed by atoms with Crippen molar-refractivity contribution < 1.29 is 18.3 Å².